The number of anilines is 3. The van der Waals surface area contributed by atoms with Gasteiger partial charge in [0.1, 0.15) is 29.4 Å². The van der Waals surface area contributed by atoms with Crippen molar-refractivity contribution < 1.29 is 18.7 Å². The zero-order valence-corrected chi connectivity index (χ0v) is 21.2. The Morgan fingerprint density at radius 3 is 2.71 bits per heavy atom. The Hall–Kier alpha value is -4.77. The minimum Gasteiger partial charge on any atom is -0.494 e. The number of carbonyl (C=O) groups excluding carboxylic acids is 1. The zero-order chi connectivity index (χ0) is 27.2. The van der Waals surface area contributed by atoms with Crippen LogP contribution in [0.4, 0.5) is 21.7 Å². The van der Waals surface area contributed by atoms with Crippen molar-refractivity contribution in [2.24, 2.45) is 0 Å². The fourth-order valence-electron chi connectivity index (χ4n) is 3.67. The number of halogens is 1. The van der Waals surface area contributed by atoms with Gasteiger partial charge in [-0.05, 0) is 43.9 Å². The first-order chi connectivity index (χ1) is 18.3. The number of pyridine rings is 1. The van der Waals surface area contributed by atoms with Crippen molar-refractivity contribution in [2.75, 3.05) is 45.0 Å². The summed E-state index contributed by atoms with van der Waals surface area (Å²) in [4.78, 5) is 37.9. The van der Waals surface area contributed by atoms with Crippen LogP contribution in [0.25, 0.3) is 22.2 Å². The van der Waals surface area contributed by atoms with Gasteiger partial charge in [0.05, 0.1) is 30.2 Å². The Kier molecular flexibility index (Phi) is 7.97. The van der Waals surface area contributed by atoms with Crippen LogP contribution in [-0.4, -0.2) is 60.1 Å². The van der Waals surface area contributed by atoms with E-state index in [1.54, 1.807) is 24.3 Å². The number of H-pyrrole nitrogens is 1. The van der Waals surface area contributed by atoms with Gasteiger partial charge in [0, 0.05) is 24.2 Å². The number of rotatable bonds is 10. The molecule has 0 bridgehead atoms. The van der Waals surface area contributed by atoms with Crippen molar-refractivity contribution in [1.29, 1.82) is 0 Å². The van der Waals surface area contributed by atoms with Crippen molar-refractivity contribution in [3.8, 4) is 22.6 Å². The molecule has 38 heavy (non-hydrogen) atoms. The van der Waals surface area contributed by atoms with Crippen LogP contribution in [0.5, 0.6) is 11.5 Å². The van der Waals surface area contributed by atoms with Gasteiger partial charge in [-0.2, -0.15) is 0 Å². The number of ether oxygens (including phenoxy) is 2. The van der Waals surface area contributed by atoms with Crippen LogP contribution in [-0.2, 0) is 4.79 Å². The number of amides is 1. The van der Waals surface area contributed by atoms with E-state index in [-0.39, 0.29) is 11.5 Å². The molecule has 0 saturated carbocycles. The molecule has 0 atom stereocenters. The van der Waals surface area contributed by atoms with E-state index >= 15 is 0 Å². The van der Waals surface area contributed by atoms with Crippen LogP contribution in [0.3, 0.4) is 0 Å². The van der Waals surface area contributed by atoms with Gasteiger partial charge in [-0.15, -0.1) is 0 Å². The summed E-state index contributed by atoms with van der Waals surface area (Å²) in [6.45, 7) is 4.55. The van der Waals surface area contributed by atoms with E-state index in [2.05, 4.69) is 32.2 Å². The molecule has 0 aliphatic heterocycles. The van der Waals surface area contributed by atoms with Gasteiger partial charge in [-0.3, -0.25) is 9.59 Å². The molecule has 2 aromatic carbocycles. The van der Waals surface area contributed by atoms with Crippen LogP contribution < -0.4 is 25.7 Å². The monoisotopic (exact) mass is 518 g/mol. The molecule has 2 heterocycles. The average molecular weight is 519 g/mol. The van der Waals surface area contributed by atoms with E-state index in [0.717, 1.165) is 6.08 Å². The van der Waals surface area contributed by atoms with E-state index in [4.69, 9.17) is 9.47 Å². The SMILES string of the molecule is C=CC(=O)Nc1cc(Nc2ncc3[nH]c(=O)cc(-c4cccc(F)c4)c3n2)c(OC)cc1OCCN(C)C. The van der Waals surface area contributed by atoms with Gasteiger partial charge in [0.2, 0.25) is 17.4 Å². The van der Waals surface area contributed by atoms with Gasteiger partial charge in [0.15, 0.2) is 0 Å². The minimum atomic E-state index is -0.435. The first kappa shape index (κ1) is 26.3. The van der Waals surface area contributed by atoms with Gasteiger partial charge in [0.25, 0.3) is 0 Å². The Morgan fingerprint density at radius 1 is 1.18 bits per heavy atom. The molecule has 1 amide bonds. The van der Waals surface area contributed by atoms with E-state index in [1.807, 2.05) is 19.0 Å². The number of nitrogens with one attached hydrogen (secondary N) is 3. The molecule has 10 nitrogen and oxygen atoms in total. The number of likely N-dealkylation sites (N-methyl/N-ethyl adjacent to an activating group) is 1. The summed E-state index contributed by atoms with van der Waals surface area (Å²) in [7, 11) is 5.35. The van der Waals surface area contributed by atoms with Gasteiger partial charge >= 0.3 is 0 Å². The number of methoxy groups -OCH3 is 1. The predicted molar refractivity (Wildman–Crippen MR) is 145 cm³/mol. The normalized spacial score (nSPS) is 10.9. The lowest BCUT2D eigenvalue weighted by Crippen LogP contribution is -2.20. The molecular formula is C27H27FN6O4. The summed E-state index contributed by atoms with van der Waals surface area (Å²) in [5, 5.41) is 5.84. The zero-order valence-electron chi connectivity index (χ0n) is 21.2. The molecule has 4 rings (SSSR count). The quantitative estimate of drug-likeness (QED) is 0.270. The second-order valence-corrected chi connectivity index (χ2v) is 8.53. The van der Waals surface area contributed by atoms with Crippen molar-refractivity contribution in [1.82, 2.24) is 19.9 Å². The van der Waals surface area contributed by atoms with Gasteiger partial charge < -0.3 is 30.0 Å². The van der Waals surface area contributed by atoms with Crippen molar-refractivity contribution in [2.45, 2.75) is 0 Å². The Bertz CT molecular complexity index is 1550. The molecular weight excluding hydrogens is 491 g/mol. The molecule has 0 aliphatic carbocycles. The van der Waals surface area contributed by atoms with E-state index in [9.17, 15) is 14.0 Å². The highest BCUT2D eigenvalue weighted by atomic mass is 19.1. The molecule has 0 fully saturated rings. The maximum Gasteiger partial charge on any atom is 0.249 e. The van der Waals surface area contributed by atoms with E-state index in [1.165, 1.54) is 31.5 Å². The molecule has 0 radical (unpaired) electrons. The second-order valence-electron chi connectivity index (χ2n) is 8.53. The van der Waals surface area contributed by atoms with Crippen LogP contribution >= 0.6 is 0 Å². The summed E-state index contributed by atoms with van der Waals surface area (Å²) < 4.78 is 25.4. The minimum absolute atomic E-state index is 0.183. The van der Waals surface area contributed by atoms with Crippen LogP contribution in [0.2, 0.25) is 0 Å². The molecule has 4 aromatic rings. The largest absolute Gasteiger partial charge is 0.494 e. The Morgan fingerprint density at radius 2 is 2.00 bits per heavy atom. The standard InChI is InChI=1S/C27H27FN6O4/c1-5-24(35)30-20-13-19(22(37-4)14-23(20)38-10-9-34(2)3)32-27-29-15-21-26(33-27)18(12-25(36)31-21)16-7-6-8-17(28)11-16/h5-8,11-15H,1,9-10H2,2-4H3,(H,30,35)(H,31,36)(H,29,32,33). The summed E-state index contributed by atoms with van der Waals surface area (Å²) >= 11 is 0. The van der Waals surface area contributed by atoms with Crippen LogP contribution in [0, 0.1) is 5.82 Å². The first-order valence-electron chi connectivity index (χ1n) is 11.6. The Balaban J connectivity index is 1.75. The predicted octanol–water partition coefficient (Wildman–Crippen LogP) is 3.94. The maximum absolute atomic E-state index is 13.9. The summed E-state index contributed by atoms with van der Waals surface area (Å²) in [5.74, 6) is 0.161. The highest BCUT2D eigenvalue weighted by Crippen LogP contribution is 2.38. The van der Waals surface area contributed by atoms with Crippen molar-refractivity contribution in [3.05, 3.63) is 77.5 Å². The molecule has 0 unspecified atom stereocenters. The second kappa shape index (κ2) is 11.5. The highest BCUT2D eigenvalue weighted by Gasteiger charge is 2.16. The molecule has 3 N–H and O–H groups in total. The average Bonchev–Trinajstić information content (AvgIpc) is 2.89. The first-order valence-corrected chi connectivity index (χ1v) is 11.6. The van der Waals surface area contributed by atoms with Crippen molar-refractivity contribution >= 4 is 34.3 Å². The molecule has 0 saturated heterocycles. The Labute approximate surface area is 218 Å². The number of aromatic amines is 1. The maximum atomic E-state index is 13.9. The smallest absolute Gasteiger partial charge is 0.249 e. The third kappa shape index (κ3) is 6.13. The van der Waals surface area contributed by atoms with Crippen molar-refractivity contribution in [3.63, 3.8) is 0 Å². The molecule has 11 heteroatoms. The lowest BCUT2D eigenvalue weighted by molar-refractivity contribution is -0.111. The van der Waals surface area contributed by atoms with E-state index < -0.39 is 11.7 Å². The number of carbonyl (C=O) groups is 1. The van der Waals surface area contributed by atoms with Crippen LogP contribution in [0.1, 0.15) is 0 Å². The number of nitrogens with zero attached hydrogens (tertiary/aromatic N) is 3. The topological polar surface area (TPSA) is 121 Å². The van der Waals surface area contributed by atoms with Gasteiger partial charge in [-0.1, -0.05) is 18.7 Å². The van der Waals surface area contributed by atoms with Crippen LogP contribution in [0.15, 0.2) is 66.1 Å². The molecule has 0 aliphatic rings. The summed E-state index contributed by atoms with van der Waals surface area (Å²) in [5.41, 5.74) is 2.22. The summed E-state index contributed by atoms with van der Waals surface area (Å²) in [6.07, 6.45) is 2.61. The fourth-order valence-corrected chi connectivity index (χ4v) is 3.67. The number of hydrogen-bond donors (Lipinski definition) is 3. The van der Waals surface area contributed by atoms with E-state index in [0.29, 0.717) is 58.2 Å². The molecule has 196 valence electrons. The molecule has 0 spiro atoms. The third-order valence-electron chi connectivity index (χ3n) is 5.50. The summed E-state index contributed by atoms with van der Waals surface area (Å²) in [6, 6.07) is 10.5. The fraction of sp³-hybridized carbons (Fsp3) is 0.185. The lowest BCUT2D eigenvalue weighted by atomic mass is 10.1. The number of fused-ring (bicyclic) bond motifs is 1. The highest BCUT2D eigenvalue weighted by molar-refractivity contribution is 6.00. The molecule has 2 aromatic heterocycles. The number of aromatic nitrogens is 3. The third-order valence-corrected chi connectivity index (χ3v) is 5.50. The lowest BCUT2D eigenvalue weighted by Gasteiger charge is -2.18. The number of hydrogen-bond acceptors (Lipinski definition) is 8. The van der Waals surface area contributed by atoms with Gasteiger partial charge in [-0.25, -0.2) is 14.4 Å². The number of benzene rings is 2.